The molecule has 122 valence electrons. The normalized spacial score (nSPS) is 29.7. The standard InChI is InChI=1S/C21H20O3/c1-15-12-21(24-20(15)22)13-18(16-8-4-2-5-9-16)23-19(14-21)17-10-6-3-7-11-17/h2-11,18-19H,1,12-14H2/t18-,19-/m0/s1. The van der Waals surface area contributed by atoms with E-state index in [-0.39, 0.29) is 18.2 Å². The summed E-state index contributed by atoms with van der Waals surface area (Å²) in [5.74, 6) is -0.268. The molecule has 1 spiro atoms. The average Bonchev–Trinajstić information content (AvgIpc) is 2.89. The fraction of sp³-hybridized carbons (Fsp3) is 0.286. The van der Waals surface area contributed by atoms with Gasteiger partial charge < -0.3 is 9.47 Å². The largest absolute Gasteiger partial charge is 0.455 e. The maximum atomic E-state index is 12.0. The Bertz CT molecular complexity index is 686. The Balaban J connectivity index is 1.69. The number of rotatable bonds is 2. The fourth-order valence-electron chi connectivity index (χ4n) is 3.78. The van der Waals surface area contributed by atoms with Crippen LogP contribution in [0.3, 0.4) is 0 Å². The lowest BCUT2D eigenvalue weighted by molar-refractivity contribution is -0.173. The monoisotopic (exact) mass is 320 g/mol. The predicted octanol–water partition coefficient (Wildman–Crippen LogP) is 4.52. The second-order valence-electron chi connectivity index (χ2n) is 6.70. The van der Waals surface area contributed by atoms with Gasteiger partial charge in [0.25, 0.3) is 0 Å². The van der Waals surface area contributed by atoms with Gasteiger partial charge in [-0.2, -0.15) is 0 Å². The molecule has 0 radical (unpaired) electrons. The van der Waals surface area contributed by atoms with Crippen LogP contribution in [0.1, 0.15) is 42.6 Å². The van der Waals surface area contributed by atoms with Crippen molar-refractivity contribution < 1.29 is 14.3 Å². The summed E-state index contributed by atoms with van der Waals surface area (Å²) in [4.78, 5) is 12.0. The number of carbonyl (C=O) groups is 1. The molecule has 3 heteroatoms. The Labute approximate surface area is 141 Å². The first-order chi connectivity index (χ1) is 11.7. The van der Waals surface area contributed by atoms with Crippen molar-refractivity contribution in [2.45, 2.75) is 37.1 Å². The highest BCUT2D eigenvalue weighted by atomic mass is 16.6. The summed E-state index contributed by atoms with van der Waals surface area (Å²) in [6.07, 6.45) is 1.74. The second kappa shape index (κ2) is 5.91. The summed E-state index contributed by atoms with van der Waals surface area (Å²) in [6, 6.07) is 20.3. The SMILES string of the molecule is C=C1CC2(C[C@@H](c3ccccc3)O[C@H](c3ccccc3)C2)OC1=O. The second-order valence-corrected chi connectivity index (χ2v) is 6.70. The van der Waals surface area contributed by atoms with Crippen LogP contribution in [0.25, 0.3) is 0 Å². The van der Waals surface area contributed by atoms with Crippen LogP contribution in [-0.4, -0.2) is 11.6 Å². The lowest BCUT2D eigenvalue weighted by Crippen LogP contribution is -2.39. The number of esters is 1. The highest BCUT2D eigenvalue weighted by Crippen LogP contribution is 2.50. The van der Waals surface area contributed by atoms with Crippen molar-refractivity contribution >= 4 is 5.97 Å². The summed E-state index contributed by atoms with van der Waals surface area (Å²) >= 11 is 0. The van der Waals surface area contributed by atoms with Gasteiger partial charge in [-0.15, -0.1) is 0 Å². The van der Waals surface area contributed by atoms with Gasteiger partial charge in [-0.3, -0.25) is 0 Å². The number of benzene rings is 2. The Morgan fingerprint density at radius 1 is 0.875 bits per heavy atom. The van der Waals surface area contributed by atoms with E-state index in [0.29, 0.717) is 24.8 Å². The molecule has 0 saturated carbocycles. The first kappa shape index (κ1) is 15.2. The van der Waals surface area contributed by atoms with Gasteiger partial charge in [0.15, 0.2) is 0 Å². The fourth-order valence-corrected chi connectivity index (χ4v) is 3.78. The van der Waals surface area contributed by atoms with Crippen LogP contribution < -0.4 is 0 Å². The maximum Gasteiger partial charge on any atom is 0.334 e. The molecule has 0 aliphatic carbocycles. The molecule has 2 heterocycles. The molecular weight excluding hydrogens is 300 g/mol. The van der Waals surface area contributed by atoms with Crippen LogP contribution >= 0.6 is 0 Å². The summed E-state index contributed by atoms with van der Waals surface area (Å²) in [5.41, 5.74) is 2.29. The zero-order valence-electron chi connectivity index (χ0n) is 13.5. The Morgan fingerprint density at radius 3 is 1.79 bits per heavy atom. The molecule has 2 fully saturated rings. The highest BCUT2D eigenvalue weighted by molar-refractivity contribution is 5.90. The van der Waals surface area contributed by atoms with Gasteiger partial charge in [-0.25, -0.2) is 4.79 Å². The van der Waals surface area contributed by atoms with Crippen molar-refractivity contribution in [3.63, 3.8) is 0 Å². The van der Waals surface area contributed by atoms with E-state index in [1.165, 1.54) is 0 Å². The van der Waals surface area contributed by atoms with E-state index >= 15 is 0 Å². The van der Waals surface area contributed by atoms with Crippen LogP contribution in [0.15, 0.2) is 72.8 Å². The molecule has 4 rings (SSSR count). The third kappa shape index (κ3) is 2.76. The molecule has 2 saturated heterocycles. The van der Waals surface area contributed by atoms with E-state index in [2.05, 4.69) is 30.8 Å². The molecule has 2 aliphatic heterocycles. The quantitative estimate of drug-likeness (QED) is 0.603. The van der Waals surface area contributed by atoms with Crippen molar-refractivity contribution in [2.75, 3.05) is 0 Å². The molecule has 0 N–H and O–H groups in total. The smallest absolute Gasteiger partial charge is 0.334 e. The number of ether oxygens (including phenoxy) is 2. The van der Waals surface area contributed by atoms with E-state index in [1.54, 1.807) is 0 Å². The zero-order valence-corrected chi connectivity index (χ0v) is 13.5. The summed E-state index contributed by atoms with van der Waals surface area (Å²) in [7, 11) is 0. The van der Waals surface area contributed by atoms with Crippen molar-refractivity contribution in [1.29, 1.82) is 0 Å². The number of carbonyl (C=O) groups excluding carboxylic acids is 1. The topological polar surface area (TPSA) is 35.5 Å². The maximum absolute atomic E-state index is 12.0. The first-order valence-electron chi connectivity index (χ1n) is 8.32. The minimum absolute atomic E-state index is 0.0937. The van der Waals surface area contributed by atoms with Gasteiger partial charge in [0.1, 0.15) is 5.60 Å². The summed E-state index contributed by atoms with van der Waals surface area (Å²) in [5, 5.41) is 0. The first-order valence-corrected chi connectivity index (χ1v) is 8.32. The molecule has 2 aromatic carbocycles. The van der Waals surface area contributed by atoms with E-state index in [1.807, 2.05) is 36.4 Å². The molecule has 0 bridgehead atoms. The molecule has 3 nitrogen and oxygen atoms in total. The molecule has 2 aliphatic rings. The van der Waals surface area contributed by atoms with Crippen LogP contribution in [0.2, 0.25) is 0 Å². The summed E-state index contributed by atoms with van der Waals surface area (Å²) in [6.45, 7) is 3.86. The molecule has 0 amide bonds. The van der Waals surface area contributed by atoms with Crippen molar-refractivity contribution in [1.82, 2.24) is 0 Å². The van der Waals surface area contributed by atoms with Gasteiger partial charge in [0.2, 0.25) is 0 Å². The van der Waals surface area contributed by atoms with E-state index in [9.17, 15) is 4.79 Å². The summed E-state index contributed by atoms with van der Waals surface area (Å²) < 4.78 is 12.2. The zero-order chi connectivity index (χ0) is 16.6. The number of hydrogen-bond acceptors (Lipinski definition) is 3. The molecule has 24 heavy (non-hydrogen) atoms. The molecule has 2 aromatic rings. The molecule has 0 unspecified atom stereocenters. The van der Waals surface area contributed by atoms with Crippen molar-refractivity contribution in [3.8, 4) is 0 Å². The minimum atomic E-state index is -0.507. The van der Waals surface area contributed by atoms with Gasteiger partial charge in [0.05, 0.1) is 12.2 Å². The Kier molecular flexibility index (Phi) is 3.73. The highest BCUT2D eigenvalue weighted by Gasteiger charge is 2.50. The third-order valence-corrected chi connectivity index (χ3v) is 4.92. The van der Waals surface area contributed by atoms with E-state index in [0.717, 1.165) is 11.1 Å². The van der Waals surface area contributed by atoms with Crippen LogP contribution in [-0.2, 0) is 14.3 Å². The minimum Gasteiger partial charge on any atom is -0.455 e. The molecular formula is C21H20O3. The predicted molar refractivity (Wildman–Crippen MR) is 91.3 cm³/mol. The van der Waals surface area contributed by atoms with Gasteiger partial charge in [-0.1, -0.05) is 67.2 Å². The lowest BCUT2D eigenvalue weighted by Gasteiger charge is -2.41. The Morgan fingerprint density at radius 2 is 1.38 bits per heavy atom. The average molecular weight is 320 g/mol. The lowest BCUT2D eigenvalue weighted by atomic mass is 9.80. The van der Waals surface area contributed by atoms with Crippen molar-refractivity contribution in [2.24, 2.45) is 0 Å². The van der Waals surface area contributed by atoms with Crippen LogP contribution in [0, 0.1) is 0 Å². The number of hydrogen-bond donors (Lipinski definition) is 0. The Hall–Kier alpha value is -2.39. The van der Waals surface area contributed by atoms with Gasteiger partial charge >= 0.3 is 5.97 Å². The van der Waals surface area contributed by atoms with Gasteiger partial charge in [-0.05, 0) is 11.1 Å². The van der Waals surface area contributed by atoms with E-state index < -0.39 is 5.60 Å². The van der Waals surface area contributed by atoms with Gasteiger partial charge in [0, 0.05) is 24.8 Å². The molecule has 0 aromatic heterocycles. The molecule has 2 atom stereocenters. The third-order valence-electron chi connectivity index (χ3n) is 4.92. The van der Waals surface area contributed by atoms with E-state index in [4.69, 9.17) is 9.47 Å². The van der Waals surface area contributed by atoms with Crippen LogP contribution in [0.5, 0.6) is 0 Å². The van der Waals surface area contributed by atoms with Crippen LogP contribution in [0.4, 0.5) is 0 Å². The van der Waals surface area contributed by atoms with Crippen molar-refractivity contribution in [3.05, 3.63) is 83.9 Å².